The monoisotopic (exact) mass is 452 g/mol. The minimum Gasteiger partial charge on any atom is -0.289 e. The fourth-order valence-corrected chi connectivity index (χ4v) is 3.43. The van der Waals surface area contributed by atoms with Crippen LogP contribution in [0.3, 0.4) is 0 Å². The second kappa shape index (κ2) is 7.00. The van der Waals surface area contributed by atoms with Crippen LogP contribution in [0.1, 0.15) is 21.5 Å². The fraction of sp³-hybridized carbons (Fsp3) is 0.0500. The zero-order chi connectivity index (χ0) is 18.0. The third-order valence-corrected chi connectivity index (χ3v) is 4.96. The van der Waals surface area contributed by atoms with E-state index in [2.05, 4.69) is 22.6 Å². The molecule has 0 fully saturated rings. The molecule has 3 rings (SSSR count). The van der Waals surface area contributed by atoms with Crippen molar-refractivity contribution in [2.75, 3.05) is 0 Å². The number of rotatable bonds is 3. The van der Waals surface area contributed by atoms with Crippen molar-refractivity contribution in [2.24, 2.45) is 0 Å². The molecule has 1 nitrogen and oxygen atoms in total. The Balaban J connectivity index is 2.01. The Bertz CT molecular complexity index is 900. The molecule has 0 aliphatic carbocycles. The van der Waals surface area contributed by atoms with Crippen LogP contribution in [0.4, 0.5) is 13.2 Å². The highest BCUT2D eigenvalue weighted by molar-refractivity contribution is 14.1. The molecule has 0 saturated carbocycles. The molecule has 25 heavy (non-hydrogen) atoms. The topological polar surface area (TPSA) is 17.1 Å². The highest BCUT2D eigenvalue weighted by Crippen LogP contribution is 2.33. The minimum absolute atomic E-state index is 0.112. The molecule has 0 saturated heterocycles. The van der Waals surface area contributed by atoms with E-state index >= 15 is 0 Å². The lowest BCUT2D eigenvalue weighted by Gasteiger charge is -2.11. The fourth-order valence-electron chi connectivity index (χ4n) is 2.51. The lowest BCUT2D eigenvalue weighted by atomic mass is 9.97. The van der Waals surface area contributed by atoms with E-state index in [0.717, 1.165) is 17.7 Å². The first-order valence-electron chi connectivity index (χ1n) is 7.44. The van der Waals surface area contributed by atoms with Gasteiger partial charge in [0.25, 0.3) is 0 Å². The third-order valence-electron chi connectivity index (χ3n) is 3.80. The first-order valence-corrected chi connectivity index (χ1v) is 8.51. The smallest absolute Gasteiger partial charge is 0.289 e. The average Bonchev–Trinajstić information content (AvgIpc) is 2.61. The first kappa shape index (κ1) is 17.7. The van der Waals surface area contributed by atoms with Gasteiger partial charge in [-0.2, -0.15) is 13.2 Å². The van der Waals surface area contributed by atoms with Crippen LogP contribution in [-0.4, -0.2) is 5.78 Å². The minimum atomic E-state index is -4.36. The van der Waals surface area contributed by atoms with E-state index in [0.29, 0.717) is 20.3 Å². The van der Waals surface area contributed by atoms with Gasteiger partial charge in [-0.3, -0.25) is 4.79 Å². The summed E-state index contributed by atoms with van der Waals surface area (Å²) in [7, 11) is 0. The summed E-state index contributed by atoms with van der Waals surface area (Å²) in [5, 5.41) is 0. The zero-order valence-electron chi connectivity index (χ0n) is 12.8. The van der Waals surface area contributed by atoms with Crippen LogP contribution in [0, 0.1) is 3.57 Å². The largest absolute Gasteiger partial charge is 0.416 e. The molecule has 3 aromatic rings. The Morgan fingerprint density at radius 2 is 1.44 bits per heavy atom. The molecule has 0 radical (unpaired) electrons. The number of hydrogen-bond donors (Lipinski definition) is 0. The normalized spacial score (nSPS) is 11.4. The van der Waals surface area contributed by atoms with E-state index in [1.54, 1.807) is 42.5 Å². The summed E-state index contributed by atoms with van der Waals surface area (Å²) in [6.07, 6.45) is -4.36. The van der Waals surface area contributed by atoms with Crippen LogP contribution in [-0.2, 0) is 6.18 Å². The molecular formula is C20H12F3IO. The van der Waals surface area contributed by atoms with Gasteiger partial charge >= 0.3 is 6.18 Å². The summed E-state index contributed by atoms with van der Waals surface area (Å²) in [6.45, 7) is 0. The van der Waals surface area contributed by atoms with Crippen LogP contribution >= 0.6 is 22.6 Å². The molecule has 0 aliphatic heterocycles. The zero-order valence-corrected chi connectivity index (χ0v) is 15.0. The molecule has 0 aliphatic rings. The van der Waals surface area contributed by atoms with Crippen molar-refractivity contribution in [2.45, 2.75) is 6.18 Å². The number of benzene rings is 3. The van der Waals surface area contributed by atoms with Crippen molar-refractivity contribution in [1.29, 1.82) is 0 Å². The first-order chi connectivity index (χ1) is 11.9. The number of hydrogen-bond acceptors (Lipinski definition) is 1. The lowest BCUT2D eigenvalue weighted by Crippen LogP contribution is -2.05. The van der Waals surface area contributed by atoms with Crippen LogP contribution in [0.15, 0.2) is 72.8 Å². The summed E-state index contributed by atoms with van der Waals surface area (Å²) in [5.41, 5.74) is 1.79. The molecule has 0 unspecified atom stereocenters. The van der Waals surface area contributed by atoms with Crippen LogP contribution in [0.2, 0.25) is 0 Å². The maximum absolute atomic E-state index is 12.7. The van der Waals surface area contributed by atoms with Gasteiger partial charge in [-0.05, 0) is 51.9 Å². The molecule has 0 aromatic heterocycles. The molecule has 0 spiro atoms. The van der Waals surface area contributed by atoms with Gasteiger partial charge < -0.3 is 0 Å². The van der Waals surface area contributed by atoms with Crippen molar-refractivity contribution in [1.82, 2.24) is 0 Å². The number of carbonyl (C=O) groups is 1. The second-order valence-corrected chi connectivity index (χ2v) is 6.52. The summed E-state index contributed by atoms with van der Waals surface area (Å²) in [4.78, 5) is 12.7. The highest BCUT2D eigenvalue weighted by Gasteiger charge is 2.30. The van der Waals surface area contributed by atoms with Gasteiger partial charge in [0.1, 0.15) is 0 Å². The summed E-state index contributed by atoms with van der Waals surface area (Å²) < 4.78 is 38.9. The Morgan fingerprint density at radius 1 is 0.800 bits per heavy atom. The Kier molecular flexibility index (Phi) is 4.94. The number of halogens is 4. The Hall–Kier alpha value is -2.15. The van der Waals surface area contributed by atoms with Crippen molar-refractivity contribution in [3.8, 4) is 11.1 Å². The van der Waals surface area contributed by atoms with Crippen LogP contribution in [0.5, 0.6) is 0 Å². The van der Waals surface area contributed by atoms with Gasteiger partial charge in [-0.1, -0.05) is 54.6 Å². The molecule has 5 heteroatoms. The molecule has 0 atom stereocenters. The quantitative estimate of drug-likeness (QED) is 0.341. The molecule has 0 heterocycles. The van der Waals surface area contributed by atoms with Crippen molar-refractivity contribution in [3.05, 3.63) is 93.1 Å². The molecule has 0 amide bonds. The van der Waals surface area contributed by atoms with Gasteiger partial charge in [-0.15, -0.1) is 0 Å². The van der Waals surface area contributed by atoms with E-state index in [4.69, 9.17) is 0 Å². The van der Waals surface area contributed by atoms with E-state index in [1.165, 1.54) is 12.1 Å². The predicted octanol–water partition coefficient (Wildman–Crippen LogP) is 6.21. The van der Waals surface area contributed by atoms with Gasteiger partial charge in [-0.25, -0.2) is 0 Å². The molecule has 126 valence electrons. The third kappa shape index (κ3) is 3.76. The highest BCUT2D eigenvalue weighted by atomic mass is 127. The summed E-state index contributed by atoms with van der Waals surface area (Å²) in [6, 6.07) is 19.1. The Labute approximate surface area is 156 Å². The molecule has 3 aromatic carbocycles. The van der Waals surface area contributed by atoms with E-state index in [-0.39, 0.29) is 5.78 Å². The van der Waals surface area contributed by atoms with Crippen molar-refractivity contribution < 1.29 is 18.0 Å². The van der Waals surface area contributed by atoms with E-state index in [9.17, 15) is 18.0 Å². The molecule has 0 bridgehead atoms. The van der Waals surface area contributed by atoms with Gasteiger partial charge in [0.05, 0.1) is 5.56 Å². The average molecular weight is 452 g/mol. The van der Waals surface area contributed by atoms with Crippen LogP contribution in [0.25, 0.3) is 11.1 Å². The maximum Gasteiger partial charge on any atom is 0.416 e. The van der Waals surface area contributed by atoms with E-state index in [1.807, 2.05) is 6.07 Å². The van der Waals surface area contributed by atoms with Crippen LogP contribution < -0.4 is 0 Å². The molecule has 0 N–H and O–H groups in total. The molecular weight excluding hydrogens is 440 g/mol. The number of alkyl halides is 3. The Morgan fingerprint density at radius 3 is 2.04 bits per heavy atom. The van der Waals surface area contributed by atoms with Gasteiger partial charge in [0.15, 0.2) is 5.78 Å². The lowest BCUT2D eigenvalue weighted by molar-refractivity contribution is -0.137. The summed E-state index contributed by atoms with van der Waals surface area (Å²) in [5.74, 6) is -0.112. The van der Waals surface area contributed by atoms with Crippen molar-refractivity contribution in [3.63, 3.8) is 0 Å². The van der Waals surface area contributed by atoms with E-state index < -0.39 is 11.7 Å². The SMILES string of the molecule is O=C(c1ccccc1)c1cccc(-c2ccc(C(F)(F)F)cc2)c1I. The second-order valence-electron chi connectivity index (χ2n) is 5.44. The number of carbonyl (C=O) groups excluding carboxylic acids is 1. The maximum atomic E-state index is 12.7. The van der Waals surface area contributed by atoms with Crippen molar-refractivity contribution >= 4 is 28.4 Å². The van der Waals surface area contributed by atoms with Gasteiger partial charge in [0.2, 0.25) is 0 Å². The van der Waals surface area contributed by atoms with Gasteiger partial charge in [0, 0.05) is 14.7 Å². The standard InChI is InChI=1S/C20H12F3IO/c21-20(22,23)15-11-9-13(10-12-15)16-7-4-8-17(18(16)24)19(25)14-5-2-1-3-6-14/h1-12H. The predicted molar refractivity (Wildman–Crippen MR) is 99.5 cm³/mol. The number of ketones is 1. The summed E-state index contributed by atoms with van der Waals surface area (Å²) >= 11 is 2.07.